The highest BCUT2D eigenvalue weighted by Gasteiger charge is 2.07. The second-order valence-corrected chi connectivity index (χ2v) is 6.30. The molecule has 2 N–H and O–H groups in total. The fourth-order valence-electron chi connectivity index (χ4n) is 2.75. The molecular formula is C23H20N4O. The molecule has 0 unspecified atom stereocenters. The van der Waals surface area contributed by atoms with Crippen LogP contribution in [-0.2, 0) is 0 Å². The molecule has 4 aromatic rings. The molecule has 5 heteroatoms. The second-order valence-electron chi connectivity index (χ2n) is 6.30. The fourth-order valence-corrected chi connectivity index (χ4v) is 2.75. The zero-order chi connectivity index (χ0) is 19.2. The molecule has 28 heavy (non-hydrogen) atoms. The van der Waals surface area contributed by atoms with Crippen LogP contribution < -0.4 is 15.4 Å². The van der Waals surface area contributed by atoms with Gasteiger partial charge in [0.1, 0.15) is 11.6 Å². The van der Waals surface area contributed by atoms with Crippen LogP contribution >= 0.6 is 0 Å². The Morgan fingerprint density at radius 3 is 2.46 bits per heavy atom. The lowest BCUT2D eigenvalue weighted by atomic mass is 10.2. The summed E-state index contributed by atoms with van der Waals surface area (Å²) in [6.07, 6.45) is 1.72. The summed E-state index contributed by atoms with van der Waals surface area (Å²) in [4.78, 5) is 8.88. The number of hydrogen-bond donors (Lipinski definition) is 2. The van der Waals surface area contributed by atoms with Crippen molar-refractivity contribution in [3.8, 4) is 11.5 Å². The maximum atomic E-state index is 5.99. The summed E-state index contributed by atoms with van der Waals surface area (Å²) >= 11 is 0. The number of anilines is 4. The van der Waals surface area contributed by atoms with Crippen LogP contribution in [0, 0.1) is 6.92 Å². The minimum absolute atomic E-state index is 0.488. The van der Waals surface area contributed by atoms with Crippen molar-refractivity contribution in [3.63, 3.8) is 0 Å². The van der Waals surface area contributed by atoms with Crippen molar-refractivity contribution >= 4 is 23.1 Å². The van der Waals surface area contributed by atoms with Gasteiger partial charge in [-0.15, -0.1) is 0 Å². The Hall–Kier alpha value is -3.86. The van der Waals surface area contributed by atoms with E-state index >= 15 is 0 Å². The lowest BCUT2D eigenvalue weighted by Gasteiger charge is -2.13. The van der Waals surface area contributed by atoms with Crippen molar-refractivity contribution in [2.24, 2.45) is 0 Å². The van der Waals surface area contributed by atoms with Gasteiger partial charge in [0.15, 0.2) is 5.75 Å². The predicted molar refractivity (Wildman–Crippen MR) is 113 cm³/mol. The number of ether oxygens (including phenoxy) is 1. The van der Waals surface area contributed by atoms with Crippen LogP contribution in [-0.4, -0.2) is 9.97 Å². The average molecular weight is 368 g/mol. The number of nitrogens with one attached hydrogen (secondary N) is 2. The van der Waals surface area contributed by atoms with Crippen molar-refractivity contribution in [2.75, 3.05) is 10.6 Å². The largest absolute Gasteiger partial charge is 0.455 e. The van der Waals surface area contributed by atoms with Crippen molar-refractivity contribution in [3.05, 3.63) is 96.7 Å². The smallest absolute Gasteiger partial charge is 0.229 e. The number of para-hydroxylation sites is 3. The third kappa shape index (κ3) is 4.45. The first-order valence-corrected chi connectivity index (χ1v) is 9.02. The zero-order valence-corrected chi connectivity index (χ0v) is 15.5. The summed E-state index contributed by atoms with van der Waals surface area (Å²) < 4.78 is 5.99. The van der Waals surface area contributed by atoms with E-state index in [-0.39, 0.29) is 0 Å². The first-order chi connectivity index (χ1) is 13.8. The van der Waals surface area contributed by atoms with Gasteiger partial charge in [0.25, 0.3) is 0 Å². The van der Waals surface area contributed by atoms with E-state index in [1.807, 2.05) is 72.8 Å². The summed E-state index contributed by atoms with van der Waals surface area (Å²) in [6, 6.07) is 27.3. The van der Waals surface area contributed by atoms with Crippen LogP contribution in [0.2, 0.25) is 0 Å². The highest BCUT2D eigenvalue weighted by atomic mass is 16.5. The van der Waals surface area contributed by atoms with E-state index in [0.29, 0.717) is 17.5 Å². The van der Waals surface area contributed by atoms with Crippen molar-refractivity contribution < 1.29 is 4.74 Å². The van der Waals surface area contributed by atoms with Gasteiger partial charge in [-0.25, -0.2) is 4.98 Å². The van der Waals surface area contributed by atoms with Gasteiger partial charge in [-0.3, -0.25) is 0 Å². The molecule has 138 valence electrons. The number of benzene rings is 3. The van der Waals surface area contributed by atoms with Crippen molar-refractivity contribution in [1.29, 1.82) is 0 Å². The van der Waals surface area contributed by atoms with Gasteiger partial charge in [0.05, 0.1) is 5.69 Å². The van der Waals surface area contributed by atoms with Crippen LogP contribution in [0.15, 0.2) is 91.1 Å². The van der Waals surface area contributed by atoms with Gasteiger partial charge in [-0.1, -0.05) is 42.5 Å². The molecule has 3 aromatic carbocycles. The molecule has 1 aromatic heterocycles. The van der Waals surface area contributed by atoms with Crippen LogP contribution in [0.4, 0.5) is 23.1 Å². The van der Waals surface area contributed by atoms with Gasteiger partial charge in [0.2, 0.25) is 5.95 Å². The topological polar surface area (TPSA) is 59.1 Å². The summed E-state index contributed by atoms with van der Waals surface area (Å²) in [5, 5.41) is 6.55. The van der Waals surface area contributed by atoms with Gasteiger partial charge < -0.3 is 15.4 Å². The number of aromatic nitrogens is 2. The number of rotatable bonds is 6. The van der Waals surface area contributed by atoms with E-state index in [2.05, 4.69) is 39.7 Å². The quantitative estimate of drug-likeness (QED) is 0.433. The van der Waals surface area contributed by atoms with E-state index in [1.54, 1.807) is 6.20 Å². The monoisotopic (exact) mass is 368 g/mol. The highest BCUT2D eigenvalue weighted by molar-refractivity contribution is 5.65. The van der Waals surface area contributed by atoms with E-state index < -0.39 is 0 Å². The van der Waals surface area contributed by atoms with E-state index in [0.717, 1.165) is 17.1 Å². The minimum Gasteiger partial charge on any atom is -0.455 e. The Bertz CT molecular complexity index is 1070. The third-order valence-corrected chi connectivity index (χ3v) is 4.05. The zero-order valence-electron chi connectivity index (χ0n) is 15.5. The maximum Gasteiger partial charge on any atom is 0.229 e. The Morgan fingerprint density at radius 2 is 1.61 bits per heavy atom. The molecule has 5 nitrogen and oxygen atoms in total. The van der Waals surface area contributed by atoms with E-state index in [9.17, 15) is 0 Å². The van der Waals surface area contributed by atoms with Crippen LogP contribution in [0.25, 0.3) is 0 Å². The molecule has 0 amide bonds. The molecule has 0 aliphatic carbocycles. The standard InChI is InChI=1S/C23H20N4O/c1-17-8-7-9-18(16-17)25-22-14-15-24-23(27-22)26-20-12-5-6-13-21(20)28-19-10-3-2-4-11-19/h2-16H,1H3,(H2,24,25,26,27). The molecule has 0 fully saturated rings. The first kappa shape index (κ1) is 17.5. The van der Waals surface area contributed by atoms with Gasteiger partial charge in [-0.05, 0) is 55.0 Å². The maximum absolute atomic E-state index is 5.99. The van der Waals surface area contributed by atoms with Gasteiger partial charge >= 0.3 is 0 Å². The summed E-state index contributed by atoms with van der Waals surface area (Å²) in [5.41, 5.74) is 2.96. The molecule has 0 aliphatic rings. The van der Waals surface area contributed by atoms with Crippen LogP contribution in [0.1, 0.15) is 5.56 Å². The van der Waals surface area contributed by atoms with Crippen molar-refractivity contribution in [2.45, 2.75) is 6.92 Å². The SMILES string of the molecule is Cc1cccc(Nc2ccnc(Nc3ccccc3Oc3ccccc3)n2)c1. The second kappa shape index (κ2) is 8.22. The molecule has 0 radical (unpaired) electrons. The van der Waals surface area contributed by atoms with Crippen molar-refractivity contribution in [1.82, 2.24) is 9.97 Å². The van der Waals surface area contributed by atoms with Crippen LogP contribution in [0.5, 0.6) is 11.5 Å². The number of aryl methyl sites for hydroxylation is 1. The molecule has 0 atom stereocenters. The summed E-state index contributed by atoms with van der Waals surface area (Å²) in [5.74, 6) is 2.67. The molecule has 0 aliphatic heterocycles. The average Bonchev–Trinajstić information content (AvgIpc) is 2.71. The third-order valence-electron chi connectivity index (χ3n) is 4.05. The van der Waals surface area contributed by atoms with Crippen LogP contribution in [0.3, 0.4) is 0 Å². The number of hydrogen-bond acceptors (Lipinski definition) is 5. The lowest BCUT2D eigenvalue weighted by molar-refractivity contribution is 0.485. The highest BCUT2D eigenvalue weighted by Crippen LogP contribution is 2.30. The first-order valence-electron chi connectivity index (χ1n) is 9.02. The van der Waals surface area contributed by atoms with E-state index in [4.69, 9.17) is 4.74 Å². The molecule has 0 saturated carbocycles. The number of nitrogens with zero attached hydrogens (tertiary/aromatic N) is 2. The molecule has 0 saturated heterocycles. The summed E-state index contributed by atoms with van der Waals surface area (Å²) in [6.45, 7) is 2.06. The predicted octanol–water partition coefficient (Wildman–Crippen LogP) is 6.06. The molecule has 0 bridgehead atoms. The Labute approximate surface area is 164 Å². The fraction of sp³-hybridized carbons (Fsp3) is 0.0435. The molecule has 4 rings (SSSR count). The molecule has 1 heterocycles. The van der Waals surface area contributed by atoms with Gasteiger partial charge in [0, 0.05) is 11.9 Å². The Morgan fingerprint density at radius 1 is 0.786 bits per heavy atom. The molecule has 0 spiro atoms. The Balaban J connectivity index is 1.53. The normalized spacial score (nSPS) is 10.3. The summed E-state index contributed by atoms with van der Waals surface area (Å²) in [7, 11) is 0. The minimum atomic E-state index is 0.488. The lowest BCUT2D eigenvalue weighted by Crippen LogP contribution is -2.01. The van der Waals surface area contributed by atoms with Gasteiger partial charge in [-0.2, -0.15) is 4.98 Å². The Kier molecular flexibility index (Phi) is 5.15. The molecular weight excluding hydrogens is 348 g/mol. The van der Waals surface area contributed by atoms with E-state index in [1.165, 1.54) is 5.56 Å².